The van der Waals surface area contributed by atoms with Crippen LogP contribution in [0.1, 0.15) is 26.0 Å². The Labute approximate surface area is 117 Å². The van der Waals surface area contributed by atoms with E-state index in [4.69, 9.17) is 5.11 Å². The van der Waals surface area contributed by atoms with Crippen molar-refractivity contribution >= 4 is 22.4 Å². The van der Waals surface area contributed by atoms with E-state index in [9.17, 15) is 4.79 Å². The van der Waals surface area contributed by atoms with Gasteiger partial charge < -0.3 is 10.0 Å². The van der Waals surface area contributed by atoms with Gasteiger partial charge in [0.1, 0.15) is 0 Å². The summed E-state index contributed by atoms with van der Waals surface area (Å²) >= 11 is 1.55. The molecule has 1 aliphatic heterocycles. The Morgan fingerprint density at radius 3 is 2.74 bits per heavy atom. The van der Waals surface area contributed by atoms with E-state index in [1.807, 2.05) is 5.38 Å². The first-order valence-electron chi connectivity index (χ1n) is 6.75. The first kappa shape index (κ1) is 14.3. The molecule has 19 heavy (non-hydrogen) atoms. The number of piperazine rings is 1. The zero-order chi connectivity index (χ0) is 13.8. The minimum Gasteiger partial charge on any atom is -0.481 e. The zero-order valence-corrected chi connectivity index (χ0v) is 12.3. The molecular weight excluding hydrogens is 262 g/mol. The lowest BCUT2D eigenvalue weighted by Gasteiger charge is -2.37. The maximum absolute atomic E-state index is 10.6. The van der Waals surface area contributed by atoms with Crippen LogP contribution in [0.4, 0.5) is 5.13 Å². The number of anilines is 1. The minimum atomic E-state index is -0.821. The number of hydrogen-bond donors (Lipinski definition) is 1. The molecular formula is C13H21N3O2S. The van der Waals surface area contributed by atoms with Crippen LogP contribution in [0.3, 0.4) is 0 Å². The molecule has 1 saturated heterocycles. The minimum absolute atomic E-state index is 0.0172. The van der Waals surface area contributed by atoms with E-state index in [0.717, 1.165) is 31.3 Å². The van der Waals surface area contributed by atoms with Gasteiger partial charge in [0.2, 0.25) is 0 Å². The summed E-state index contributed by atoms with van der Waals surface area (Å²) in [4.78, 5) is 19.8. The molecule has 0 amide bonds. The summed E-state index contributed by atoms with van der Waals surface area (Å²) in [7, 11) is 0. The molecule has 0 radical (unpaired) electrons. The average Bonchev–Trinajstić information content (AvgIpc) is 2.85. The normalized spacial score (nSPS) is 18.5. The number of carboxylic acid groups (broad SMARTS) is 1. The number of hydrogen-bond acceptors (Lipinski definition) is 5. The number of carbonyl (C=O) groups is 1. The van der Waals surface area contributed by atoms with Crippen LogP contribution in [-0.2, 0) is 11.2 Å². The summed E-state index contributed by atoms with van der Waals surface area (Å²) in [6.45, 7) is 8.56. The number of rotatable bonds is 5. The third-order valence-electron chi connectivity index (χ3n) is 3.67. The summed E-state index contributed by atoms with van der Waals surface area (Å²) in [6.07, 6.45) is 1.20. The second-order valence-electron chi connectivity index (χ2n) is 4.97. The van der Waals surface area contributed by atoms with Crippen molar-refractivity contribution in [1.29, 1.82) is 0 Å². The van der Waals surface area contributed by atoms with E-state index in [0.29, 0.717) is 11.7 Å². The number of thiazole rings is 1. The molecule has 0 aliphatic carbocycles. The highest BCUT2D eigenvalue weighted by Gasteiger charge is 2.22. The van der Waals surface area contributed by atoms with Crippen molar-refractivity contribution in [2.45, 2.75) is 32.7 Å². The predicted molar refractivity (Wildman–Crippen MR) is 77.0 cm³/mol. The maximum atomic E-state index is 10.6. The van der Waals surface area contributed by atoms with Crippen LogP contribution < -0.4 is 4.90 Å². The Hall–Kier alpha value is -1.14. The van der Waals surface area contributed by atoms with Gasteiger partial charge >= 0.3 is 5.97 Å². The highest BCUT2D eigenvalue weighted by atomic mass is 32.1. The summed E-state index contributed by atoms with van der Waals surface area (Å²) in [6, 6.07) is 0.640. The molecule has 106 valence electrons. The van der Waals surface area contributed by atoms with E-state index in [2.05, 4.69) is 28.6 Å². The Bertz CT molecular complexity index is 427. The molecule has 0 aromatic carbocycles. The smallest absolute Gasteiger partial charge is 0.309 e. The second kappa shape index (κ2) is 6.34. The van der Waals surface area contributed by atoms with Gasteiger partial charge in [-0.2, -0.15) is 0 Å². The van der Waals surface area contributed by atoms with Crippen molar-refractivity contribution in [2.24, 2.45) is 0 Å². The Morgan fingerprint density at radius 2 is 2.16 bits per heavy atom. The highest BCUT2D eigenvalue weighted by molar-refractivity contribution is 7.13. The summed E-state index contributed by atoms with van der Waals surface area (Å²) in [5.41, 5.74) is 0.664. The molecule has 5 nitrogen and oxygen atoms in total. The van der Waals surface area contributed by atoms with Crippen molar-refractivity contribution in [3.8, 4) is 0 Å². The summed E-state index contributed by atoms with van der Waals surface area (Å²) in [5.74, 6) is -0.821. The number of carboxylic acids is 1. The van der Waals surface area contributed by atoms with Crippen LogP contribution in [0.25, 0.3) is 0 Å². The lowest BCUT2D eigenvalue weighted by molar-refractivity contribution is -0.136. The Morgan fingerprint density at radius 1 is 1.47 bits per heavy atom. The first-order chi connectivity index (χ1) is 9.10. The van der Waals surface area contributed by atoms with Gasteiger partial charge in [-0.25, -0.2) is 4.98 Å². The molecule has 0 saturated carbocycles. The van der Waals surface area contributed by atoms with Crippen molar-refractivity contribution in [1.82, 2.24) is 9.88 Å². The van der Waals surface area contributed by atoms with Crippen molar-refractivity contribution in [3.05, 3.63) is 11.1 Å². The standard InChI is InChI=1S/C13H21N3O2S/c1-3-10(2)15-4-6-16(7-5-15)13-14-11(9-19-13)8-12(17)18/h9-10H,3-8H2,1-2H3,(H,17,18). The van der Waals surface area contributed by atoms with Crippen LogP contribution in [0.5, 0.6) is 0 Å². The van der Waals surface area contributed by atoms with Gasteiger partial charge in [-0.05, 0) is 13.3 Å². The topological polar surface area (TPSA) is 56.7 Å². The van der Waals surface area contributed by atoms with Gasteiger partial charge in [0, 0.05) is 37.6 Å². The van der Waals surface area contributed by atoms with Gasteiger partial charge in [0.15, 0.2) is 5.13 Å². The molecule has 6 heteroatoms. The van der Waals surface area contributed by atoms with E-state index in [-0.39, 0.29) is 6.42 Å². The molecule has 1 N–H and O–H groups in total. The van der Waals surface area contributed by atoms with E-state index < -0.39 is 5.97 Å². The van der Waals surface area contributed by atoms with E-state index in [1.54, 1.807) is 11.3 Å². The fourth-order valence-electron chi connectivity index (χ4n) is 2.29. The molecule has 1 fully saturated rings. The predicted octanol–water partition coefficient (Wildman–Crippen LogP) is 1.69. The third-order valence-corrected chi connectivity index (χ3v) is 4.62. The van der Waals surface area contributed by atoms with Gasteiger partial charge in [-0.15, -0.1) is 11.3 Å². The van der Waals surface area contributed by atoms with E-state index >= 15 is 0 Å². The fraction of sp³-hybridized carbons (Fsp3) is 0.692. The van der Waals surface area contributed by atoms with Crippen LogP contribution in [0, 0.1) is 0 Å². The molecule has 0 bridgehead atoms. The lowest BCUT2D eigenvalue weighted by Crippen LogP contribution is -2.49. The molecule has 2 heterocycles. The monoisotopic (exact) mass is 283 g/mol. The summed E-state index contributed by atoms with van der Waals surface area (Å²) in [5, 5.41) is 11.6. The number of aromatic nitrogens is 1. The largest absolute Gasteiger partial charge is 0.481 e. The average molecular weight is 283 g/mol. The number of aliphatic carboxylic acids is 1. The SMILES string of the molecule is CCC(C)N1CCN(c2nc(CC(=O)O)cs2)CC1. The van der Waals surface area contributed by atoms with Crippen molar-refractivity contribution < 1.29 is 9.90 Å². The lowest BCUT2D eigenvalue weighted by atomic mass is 10.2. The van der Waals surface area contributed by atoms with Gasteiger partial charge in [-0.1, -0.05) is 6.92 Å². The maximum Gasteiger partial charge on any atom is 0.309 e. The van der Waals surface area contributed by atoms with Crippen molar-refractivity contribution in [3.63, 3.8) is 0 Å². The quantitative estimate of drug-likeness (QED) is 0.891. The van der Waals surface area contributed by atoms with Gasteiger partial charge in [0.05, 0.1) is 12.1 Å². The third kappa shape index (κ3) is 3.67. The first-order valence-corrected chi connectivity index (χ1v) is 7.63. The molecule has 1 aromatic rings. The van der Waals surface area contributed by atoms with Crippen LogP contribution in [0.2, 0.25) is 0 Å². The zero-order valence-electron chi connectivity index (χ0n) is 11.5. The second-order valence-corrected chi connectivity index (χ2v) is 5.81. The fourth-order valence-corrected chi connectivity index (χ4v) is 3.17. The van der Waals surface area contributed by atoms with Crippen LogP contribution >= 0.6 is 11.3 Å². The molecule has 1 atom stereocenters. The Balaban J connectivity index is 1.90. The van der Waals surface area contributed by atoms with Crippen LogP contribution in [-0.4, -0.2) is 53.2 Å². The number of nitrogens with zero attached hydrogens (tertiary/aromatic N) is 3. The molecule has 1 unspecified atom stereocenters. The van der Waals surface area contributed by atoms with Crippen LogP contribution in [0.15, 0.2) is 5.38 Å². The molecule has 1 aliphatic rings. The Kier molecular flexibility index (Phi) is 4.76. The van der Waals surface area contributed by atoms with Crippen molar-refractivity contribution in [2.75, 3.05) is 31.1 Å². The highest BCUT2D eigenvalue weighted by Crippen LogP contribution is 2.22. The van der Waals surface area contributed by atoms with Gasteiger partial charge in [0.25, 0.3) is 0 Å². The van der Waals surface area contributed by atoms with Gasteiger partial charge in [-0.3, -0.25) is 9.69 Å². The summed E-state index contributed by atoms with van der Waals surface area (Å²) < 4.78 is 0. The molecule has 0 spiro atoms. The van der Waals surface area contributed by atoms with E-state index in [1.165, 1.54) is 6.42 Å². The molecule has 1 aromatic heterocycles. The molecule has 2 rings (SSSR count).